The summed E-state index contributed by atoms with van der Waals surface area (Å²) in [4.78, 5) is 23.0. The molecule has 3 rings (SSSR count). The molecule has 0 saturated carbocycles. The second-order valence-corrected chi connectivity index (χ2v) is 5.40. The molecule has 7 nitrogen and oxygen atoms in total. The first-order valence-electron chi connectivity index (χ1n) is 6.39. The second kappa shape index (κ2) is 5.75. The minimum atomic E-state index is -0.318. The van der Waals surface area contributed by atoms with Crippen LogP contribution in [-0.2, 0) is 14.3 Å². The number of nitrogens with zero attached hydrogens (tertiary/aromatic N) is 4. The number of ether oxygens (including phenoxy) is 2. The molecule has 0 aliphatic carbocycles. The van der Waals surface area contributed by atoms with E-state index < -0.39 is 0 Å². The smallest absolute Gasteiger partial charge is 0.302 e. The predicted molar refractivity (Wildman–Crippen MR) is 75.1 cm³/mol. The molecule has 21 heavy (non-hydrogen) atoms. The molecule has 2 unspecified atom stereocenters. The number of hydrogen-bond donors (Lipinski definition) is 0. The largest absolute Gasteiger partial charge is 0.463 e. The number of hydrogen-bond acceptors (Lipinski definition) is 6. The third kappa shape index (κ3) is 2.95. The molecule has 0 radical (unpaired) electrons. The van der Waals surface area contributed by atoms with Crippen molar-refractivity contribution in [2.45, 2.75) is 32.1 Å². The lowest BCUT2D eigenvalue weighted by atomic mass is 10.2. The highest BCUT2D eigenvalue weighted by molar-refractivity contribution is 6.35. The molecule has 0 N–H and O–H groups in total. The topological polar surface area (TPSA) is 79.1 Å². The highest BCUT2D eigenvalue weighted by Crippen LogP contribution is 2.32. The zero-order valence-corrected chi connectivity index (χ0v) is 12.6. The molecule has 9 heteroatoms. The van der Waals surface area contributed by atoms with Crippen molar-refractivity contribution in [1.82, 2.24) is 19.5 Å². The Morgan fingerprint density at radius 2 is 2.29 bits per heavy atom. The number of carbonyl (C=O) groups is 1. The van der Waals surface area contributed by atoms with Crippen molar-refractivity contribution in [2.75, 3.05) is 6.61 Å². The average molecular weight is 331 g/mol. The predicted octanol–water partition coefficient (Wildman–Crippen LogP) is 2.37. The molecule has 1 aliphatic heterocycles. The molecule has 1 fully saturated rings. The van der Waals surface area contributed by atoms with Gasteiger partial charge in [-0.05, 0) is 24.4 Å². The van der Waals surface area contributed by atoms with Gasteiger partial charge in [-0.2, -0.15) is 4.98 Å². The van der Waals surface area contributed by atoms with E-state index in [1.165, 1.54) is 6.92 Å². The van der Waals surface area contributed by atoms with Crippen LogP contribution < -0.4 is 0 Å². The van der Waals surface area contributed by atoms with E-state index in [2.05, 4.69) is 15.0 Å². The Balaban J connectivity index is 1.81. The van der Waals surface area contributed by atoms with Crippen molar-refractivity contribution < 1.29 is 14.3 Å². The Hall–Kier alpha value is -1.44. The molecule has 1 aliphatic rings. The van der Waals surface area contributed by atoms with E-state index >= 15 is 0 Å². The zero-order chi connectivity index (χ0) is 15.0. The van der Waals surface area contributed by atoms with Crippen LogP contribution in [0.3, 0.4) is 0 Å². The lowest BCUT2D eigenvalue weighted by Crippen LogP contribution is -2.18. The number of carbonyl (C=O) groups excluding carboxylic acids is 1. The number of rotatable bonds is 3. The Labute approximate surface area is 130 Å². The third-order valence-corrected chi connectivity index (χ3v) is 3.65. The number of imidazole rings is 1. The first-order chi connectivity index (χ1) is 10.0. The number of fused-ring (bicyclic) bond motifs is 1. The van der Waals surface area contributed by atoms with E-state index in [-0.39, 0.29) is 35.3 Å². The van der Waals surface area contributed by atoms with Crippen molar-refractivity contribution >= 4 is 40.3 Å². The van der Waals surface area contributed by atoms with Gasteiger partial charge in [-0.15, -0.1) is 0 Å². The van der Waals surface area contributed by atoms with Gasteiger partial charge in [0.25, 0.3) is 0 Å². The molecule has 2 aromatic heterocycles. The number of esters is 1. The lowest BCUT2D eigenvalue weighted by Gasteiger charge is -2.15. The van der Waals surface area contributed by atoms with Crippen molar-refractivity contribution in [2.24, 2.45) is 0 Å². The molecule has 1 saturated heterocycles. The van der Waals surface area contributed by atoms with Gasteiger partial charge in [0, 0.05) is 6.92 Å². The molecule has 0 bridgehead atoms. The Morgan fingerprint density at radius 3 is 3.05 bits per heavy atom. The maximum atomic E-state index is 10.8. The molecule has 3 heterocycles. The molecule has 2 atom stereocenters. The summed E-state index contributed by atoms with van der Waals surface area (Å²) in [6.07, 6.45) is 2.77. The zero-order valence-electron chi connectivity index (χ0n) is 11.1. The minimum absolute atomic E-state index is 0.0590. The number of aromatic nitrogens is 4. The minimum Gasteiger partial charge on any atom is -0.463 e. The second-order valence-electron chi connectivity index (χ2n) is 4.70. The van der Waals surface area contributed by atoms with Gasteiger partial charge in [0.15, 0.2) is 10.8 Å². The Kier molecular flexibility index (Phi) is 3.97. The Bertz CT molecular complexity index is 690. The van der Waals surface area contributed by atoms with Crippen LogP contribution in [0, 0.1) is 0 Å². The summed E-state index contributed by atoms with van der Waals surface area (Å²) in [5.74, 6) is -0.318. The van der Waals surface area contributed by atoms with Gasteiger partial charge in [-0.1, -0.05) is 11.6 Å². The standard InChI is InChI=1S/C12H12Cl2N4O3/c1-6(19)20-4-7-2-3-8(21-7)18-5-15-9-10(13)16-12(14)17-11(9)18/h5,7-8H,2-4H2,1H3. The Morgan fingerprint density at radius 1 is 1.48 bits per heavy atom. The fourth-order valence-electron chi connectivity index (χ4n) is 2.29. The normalized spacial score (nSPS) is 21.9. The van der Waals surface area contributed by atoms with E-state index in [9.17, 15) is 4.79 Å². The molecule has 2 aromatic rings. The van der Waals surface area contributed by atoms with Crippen LogP contribution in [0.25, 0.3) is 11.2 Å². The summed E-state index contributed by atoms with van der Waals surface area (Å²) in [5.41, 5.74) is 1.01. The van der Waals surface area contributed by atoms with Crippen LogP contribution in [0.15, 0.2) is 6.33 Å². The van der Waals surface area contributed by atoms with Gasteiger partial charge in [0.05, 0.1) is 12.4 Å². The van der Waals surface area contributed by atoms with Crippen molar-refractivity contribution in [1.29, 1.82) is 0 Å². The molecular formula is C12H12Cl2N4O3. The monoisotopic (exact) mass is 330 g/mol. The summed E-state index contributed by atoms with van der Waals surface area (Å²) >= 11 is 11.8. The lowest BCUT2D eigenvalue weighted by molar-refractivity contribution is -0.145. The molecule has 0 aromatic carbocycles. The molecule has 0 amide bonds. The van der Waals surface area contributed by atoms with Crippen LogP contribution in [0.1, 0.15) is 26.0 Å². The summed E-state index contributed by atoms with van der Waals surface area (Å²) in [5, 5.41) is 0.266. The van der Waals surface area contributed by atoms with Gasteiger partial charge in [-0.3, -0.25) is 9.36 Å². The van der Waals surface area contributed by atoms with Gasteiger partial charge < -0.3 is 9.47 Å². The summed E-state index contributed by atoms with van der Waals surface area (Å²) < 4.78 is 12.6. The quantitative estimate of drug-likeness (QED) is 0.488. The maximum absolute atomic E-state index is 10.8. The van der Waals surface area contributed by atoms with E-state index in [0.29, 0.717) is 11.2 Å². The van der Waals surface area contributed by atoms with Crippen molar-refractivity contribution in [3.63, 3.8) is 0 Å². The summed E-state index contributed by atoms with van der Waals surface area (Å²) in [7, 11) is 0. The van der Waals surface area contributed by atoms with Gasteiger partial charge in [0.1, 0.15) is 18.4 Å². The highest BCUT2D eigenvalue weighted by atomic mass is 35.5. The van der Waals surface area contributed by atoms with E-state index in [4.69, 9.17) is 32.7 Å². The highest BCUT2D eigenvalue weighted by Gasteiger charge is 2.29. The fraction of sp³-hybridized carbons (Fsp3) is 0.500. The number of halogens is 2. The van der Waals surface area contributed by atoms with Gasteiger partial charge >= 0.3 is 5.97 Å². The maximum Gasteiger partial charge on any atom is 0.302 e. The molecule has 0 spiro atoms. The third-order valence-electron chi connectivity index (χ3n) is 3.22. The summed E-state index contributed by atoms with van der Waals surface area (Å²) in [6, 6.07) is 0. The van der Waals surface area contributed by atoms with Gasteiger partial charge in [0.2, 0.25) is 5.28 Å². The fourth-order valence-corrected chi connectivity index (χ4v) is 2.71. The average Bonchev–Trinajstić information content (AvgIpc) is 3.02. The van der Waals surface area contributed by atoms with E-state index in [1.54, 1.807) is 10.9 Å². The van der Waals surface area contributed by atoms with Crippen molar-refractivity contribution in [3.8, 4) is 0 Å². The van der Waals surface area contributed by atoms with Crippen LogP contribution in [-0.4, -0.2) is 38.2 Å². The van der Waals surface area contributed by atoms with Crippen LogP contribution in [0.2, 0.25) is 10.4 Å². The van der Waals surface area contributed by atoms with E-state index in [1.807, 2.05) is 0 Å². The van der Waals surface area contributed by atoms with Crippen LogP contribution in [0.4, 0.5) is 0 Å². The SMILES string of the molecule is CC(=O)OCC1CCC(n2cnc3c(Cl)nc(Cl)nc32)O1. The van der Waals surface area contributed by atoms with E-state index in [0.717, 1.165) is 12.8 Å². The van der Waals surface area contributed by atoms with Gasteiger partial charge in [-0.25, -0.2) is 9.97 Å². The first-order valence-corrected chi connectivity index (χ1v) is 7.14. The molecule has 112 valence electrons. The molecular weight excluding hydrogens is 319 g/mol. The van der Waals surface area contributed by atoms with Crippen LogP contribution in [0.5, 0.6) is 0 Å². The van der Waals surface area contributed by atoms with Crippen molar-refractivity contribution in [3.05, 3.63) is 16.8 Å². The first kappa shape index (κ1) is 14.5. The van der Waals surface area contributed by atoms with Crippen LogP contribution >= 0.6 is 23.2 Å². The summed E-state index contributed by atoms with van der Waals surface area (Å²) in [6.45, 7) is 1.62.